The number of carbonyl (C=O) groups is 1. The smallest absolute Gasteiger partial charge is 0.272 e. The van der Waals surface area contributed by atoms with Crippen LogP contribution in [0.5, 0.6) is 0 Å². The van der Waals surface area contributed by atoms with Gasteiger partial charge in [-0.25, -0.2) is 19.6 Å². The normalized spacial score (nSPS) is 13.4. The highest BCUT2D eigenvalue weighted by Gasteiger charge is 2.24. The average molecular weight is 413 g/mol. The number of fused-ring (bicyclic) bond motifs is 1. The Balaban J connectivity index is 1.44. The fraction of sp³-hybridized carbons (Fsp3) is 0.261. The van der Waals surface area contributed by atoms with Crippen molar-refractivity contribution in [2.24, 2.45) is 0 Å². The van der Waals surface area contributed by atoms with Gasteiger partial charge in [-0.2, -0.15) is 5.10 Å². The second-order valence-electron chi connectivity index (χ2n) is 7.57. The van der Waals surface area contributed by atoms with Crippen LogP contribution in [-0.4, -0.2) is 35.2 Å². The minimum absolute atomic E-state index is 0.166. The predicted octanol–water partition coefficient (Wildman–Crippen LogP) is 3.18. The third-order valence-corrected chi connectivity index (χ3v) is 5.56. The Morgan fingerprint density at radius 3 is 2.81 bits per heavy atom. The van der Waals surface area contributed by atoms with E-state index in [-0.39, 0.29) is 5.91 Å². The van der Waals surface area contributed by atoms with E-state index in [1.165, 1.54) is 6.33 Å². The zero-order chi connectivity index (χ0) is 21.0. The topological polar surface area (TPSA) is 90.5 Å². The molecule has 1 aliphatic heterocycles. The Morgan fingerprint density at radius 2 is 1.97 bits per heavy atom. The van der Waals surface area contributed by atoms with E-state index in [0.717, 1.165) is 54.9 Å². The molecule has 4 aromatic rings. The molecule has 0 radical (unpaired) electrons. The zero-order valence-electron chi connectivity index (χ0n) is 17.1. The molecule has 0 atom stereocenters. The molecule has 1 N–H and O–H groups in total. The quantitative estimate of drug-likeness (QED) is 0.543. The number of aromatic nitrogens is 6. The van der Waals surface area contributed by atoms with Gasteiger partial charge in [-0.1, -0.05) is 42.8 Å². The van der Waals surface area contributed by atoms with Gasteiger partial charge >= 0.3 is 0 Å². The van der Waals surface area contributed by atoms with Crippen LogP contribution < -0.4 is 5.32 Å². The van der Waals surface area contributed by atoms with Crippen LogP contribution in [0.25, 0.3) is 17.2 Å². The maximum atomic E-state index is 13.2. The summed E-state index contributed by atoms with van der Waals surface area (Å²) in [5.41, 5.74) is 3.43. The van der Waals surface area contributed by atoms with Crippen molar-refractivity contribution in [1.29, 1.82) is 0 Å². The molecule has 3 aromatic heterocycles. The molecular weight excluding hydrogens is 390 g/mol. The molecule has 0 unspecified atom stereocenters. The number of hydrogen-bond acceptors (Lipinski definition) is 5. The second-order valence-corrected chi connectivity index (χ2v) is 7.57. The third-order valence-electron chi connectivity index (χ3n) is 5.56. The molecule has 1 aliphatic rings. The highest BCUT2D eigenvalue weighted by atomic mass is 16.1. The first kappa shape index (κ1) is 19.2. The fourth-order valence-electron chi connectivity index (χ4n) is 4.06. The van der Waals surface area contributed by atoms with Gasteiger partial charge in [-0.3, -0.25) is 4.79 Å². The Kier molecular flexibility index (Phi) is 5.26. The maximum absolute atomic E-state index is 13.2. The first-order valence-corrected chi connectivity index (χ1v) is 10.5. The molecule has 0 spiro atoms. The molecule has 0 aliphatic carbocycles. The van der Waals surface area contributed by atoms with E-state index in [1.807, 2.05) is 42.5 Å². The molecule has 0 fully saturated rings. The Morgan fingerprint density at radius 1 is 1.06 bits per heavy atom. The lowest BCUT2D eigenvalue weighted by atomic mass is 10.1. The number of pyridine rings is 1. The summed E-state index contributed by atoms with van der Waals surface area (Å²) in [7, 11) is 0. The highest BCUT2D eigenvalue weighted by molar-refractivity contribution is 5.94. The van der Waals surface area contributed by atoms with Crippen molar-refractivity contribution in [1.82, 2.24) is 34.6 Å². The molecule has 4 heterocycles. The van der Waals surface area contributed by atoms with Gasteiger partial charge in [0.15, 0.2) is 5.82 Å². The largest absolute Gasteiger partial charge is 0.346 e. The lowest BCUT2D eigenvalue weighted by molar-refractivity contribution is 0.0945. The number of nitrogens with zero attached hydrogens (tertiary/aromatic N) is 6. The SMILES string of the molecule is O=C(NCc1cccnc1-n1cncn1)c1nc(-c2ccccc2)n2c1CCCCC2. The van der Waals surface area contributed by atoms with Crippen molar-refractivity contribution in [3.05, 3.63) is 78.3 Å². The third kappa shape index (κ3) is 3.84. The van der Waals surface area contributed by atoms with Gasteiger partial charge in [0, 0.05) is 30.4 Å². The van der Waals surface area contributed by atoms with Gasteiger partial charge in [-0.05, 0) is 25.3 Å². The van der Waals surface area contributed by atoms with Crippen LogP contribution in [0.2, 0.25) is 0 Å². The van der Waals surface area contributed by atoms with Crippen LogP contribution in [-0.2, 0) is 19.5 Å². The molecular formula is C23H23N7O. The summed E-state index contributed by atoms with van der Waals surface area (Å²) in [5, 5.41) is 7.19. The molecule has 5 rings (SSSR count). The van der Waals surface area contributed by atoms with Crippen LogP contribution in [0.4, 0.5) is 0 Å². The highest BCUT2D eigenvalue weighted by Crippen LogP contribution is 2.27. The monoisotopic (exact) mass is 413 g/mol. The predicted molar refractivity (Wildman–Crippen MR) is 116 cm³/mol. The number of amides is 1. The van der Waals surface area contributed by atoms with E-state index in [4.69, 9.17) is 4.98 Å². The standard InChI is InChI=1S/C23H23N7O/c31-23(26-14-18-10-7-12-25-21(18)30-16-24-15-27-30)20-19-11-5-2-6-13-29(19)22(28-20)17-8-3-1-4-9-17/h1,3-4,7-10,12,15-16H,2,5-6,11,13-14H2,(H,26,31). The van der Waals surface area contributed by atoms with Gasteiger partial charge in [0.25, 0.3) is 5.91 Å². The summed E-state index contributed by atoms with van der Waals surface area (Å²) in [6.45, 7) is 1.22. The van der Waals surface area contributed by atoms with Crippen molar-refractivity contribution in [2.45, 2.75) is 38.8 Å². The van der Waals surface area contributed by atoms with Crippen LogP contribution in [0.1, 0.15) is 41.0 Å². The number of carbonyl (C=O) groups excluding carboxylic acids is 1. The van der Waals surface area contributed by atoms with Crippen LogP contribution in [0.15, 0.2) is 61.3 Å². The summed E-state index contributed by atoms with van der Waals surface area (Å²) in [4.78, 5) is 26.4. The lowest BCUT2D eigenvalue weighted by Gasteiger charge is -2.10. The summed E-state index contributed by atoms with van der Waals surface area (Å²) in [6, 6.07) is 13.9. The van der Waals surface area contributed by atoms with Gasteiger partial charge in [-0.15, -0.1) is 0 Å². The lowest BCUT2D eigenvalue weighted by Crippen LogP contribution is -2.25. The molecule has 156 valence electrons. The van der Waals surface area contributed by atoms with Crippen molar-refractivity contribution < 1.29 is 4.79 Å². The Bertz CT molecular complexity index is 1180. The molecule has 0 bridgehead atoms. The van der Waals surface area contributed by atoms with E-state index in [9.17, 15) is 4.79 Å². The molecule has 31 heavy (non-hydrogen) atoms. The van der Waals surface area contributed by atoms with Gasteiger partial charge in [0.05, 0.1) is 5.69 Å². The van der Waals surface area contributed by atoms with E-state index in [0.29, 0.717) is 18.1 Å². The number of imidazole rings is 1. The molecule has 0 saturated heterocycles. The molecule has 0 saturated carbocycles. The van der Waals surface area contributed by atoms with Crippen molar-refractivity contribution in [3.8, 4) is 17.2 Å². The van der Waals surface area contributed by atoms with Gasteiger partial charge < -0.3 is 9.88 Å². The molecule has 1 amide bonds. The van der Waals surface area contributed by atoms with Crippen molar-refractivity contribution in [3.63, 3.8) is 0 Å². The van der Waals surface area contributed by atoms with Gasteiger partial charge in [0.1, 0.15) is 24.2 Å². The number of rotatable bonds is 5. The first-order valence-electron chi connectivity index (χ1n) is 10.5. The minimum atomic E-state index is -0.166. The Labute approximate surface area is 180 Å². The number of benzene rings is 1. The van der Waals surface area contributed by atoms with Crippen molar-refractivity contribution >= 4 is 5.91 Å². The minimum Gasteiger partial charge on any atom is -0.346 e. The van der Waals surface area contributed by atoms with E-state index in [2.05, 4.69) is 25.0 Å². The van der Waals surface area contributed by atoms with Crippen LogP contribution >= 0.6 is 0 Å². The summed E-state index contributed by atoms with van der Waals surface area (Å²) >= 11 is 0. The molecule has 1 aromatic carbocycles. The number of hydrogen-bond donors (Lipinski definition) is 1. The summed E-state index contributed by atoms with van der Waals surface area (Å²) in [5.74, 6) is 1.35. The first-order chi connectivity index (χ1) is 15.3. The maximum Gasteiger partial charge on any atom is 0.272 e. The molecule has 8 heteroatoms. The summed E-state index contributed by atoms with van der Waals surface area (Å²) in [6.07, 6.45) is 8.94. The summed E-state index contributed by atoms with van der Waals surface area (Å²) < 4.78 is 3.82. The molecule has 8 nitrogen and oxygen atoms in total. The van der Waals surface area contributed by atoms with Crippen molar-refractivity contribution in [2.75, 3.05) is 0 Å². The number of nitrogens with one attached hydrogen (secondary N) is 1. The fourth-order valence-corrected chi connectivity index (χ4v) is 4.06. The second kappa shape index (κ2) is 8.51. The van der Waals surface area contributed by atoms with Crippen LogP contribution in [0.3, 0.4) is 0 Å². The van der Waals surface area contributed by atoms with Crippen LogP contribution in [0, 0.1) is 0 Å². The van der Waals surface area contributed by atoms with E-state index < -0.39 is 0 Å². The van der Waals surface area contributed by atoms with E-state index >= 15 is 0 Å². The van der Waals surface area contributed by atoms with E-state index in [1.54, 1.807) is 17.2 Å². The zero-order valence-corrected chi connectivity index (χ0v) is 17.1. The van der Waals surface area contributed by atoms with Gasteiger partial charge in [0.2, 0.25) is 0 Å². The average Bonchev–Trinajstić information content (AvgIpc) is 3.41. The Hall–Kier alpha value is -3.81.